The first-order valence-corrected chi connectivity index (χ1v) is 4.14. The van der Waals surface area contributed by atoms with Crippen LogP contribution >= 0.6 is 0 Å². The van der Waals surface area contributed by atoms with Gasteiger partial charge in [0.25, 0.3) is 0 Å². The Morgan fingerprint density at radius 1 is 1.25 bits per heavy atom. The van der Waals surface area contributed by atoms with Gasteiger partial charge in [-0.1, -0.05) is 13.8 Å². The maximum absolute atomic E-state index is 9.26. The van der Waals surface area contributed by atoms with Gasteiger partial charge >= 0.3 is 0 Å². The molecule has 0 aromatic heterocycles. The second-order valence-electron chi connectivity index (χ2n) is 3.05. The third-order valence-corrected chi connectivity index (χ3v) is 1.62. The molecule has 0 rings (SSSR count). The molecule has 74 valence electrons. The Bertz CT molecular complexity index is 105. The molecule has 2 atom stereocenters. The van der Waals surface area contributed by atoms with E-state index in [-0.39, 0.29) is 25.7 Å². The largest absolute Gasteiger partial charge is 0.394 e. The van der Waals surface area contributed by atoms with Gasteiger partial charge in [0.05, 0.1) is 25.9 Å². The normalized spacial score (nSPS) is 16.5. The minimum absolute atomic E-state index is 0.0681. The van der Waals surface area contributed by atoms with Gasteiger partial charge in [-0.25, -0.2) is 0 Å². The molecule has 0 bridgehead atoms. The average Bonchev–Trinajstić information content (AvgIpc) is 2.04. The van der Waals surface area contributed by atoms with Crippen molar-refractivity contribution in [2.24, 2.45) is 5.92 Å². The van der Waals surface area contributed by atoms with Crippen molar-refractivity contribution in [1.29, 1.82) is 0 Å². The fourth-order valence-electron chi connectivity index (χ4n) is 1.04. The van der Waals surface area contributed by atoms with Crippen molar-refractivity contribution in [3.8, 4) is 0 Å². The highest BCUT2D eigenvalue weighted by atomic mass is 16.5. The van der Waals surface area contributed by atoms with E-state index in [0.29, 0.717) is 0 Å². The molecule has 0 aromatic rings. The summed E-state index contributed by atoms with van der Waals surface area (Å²) in [5.41, 5.74) is 0. The van der Waals surface area contributed by atoms with Crippen molar-refractivity contribution in [2.75, 3.05) is 19.8 Å². The molecule has 0 heterocycles. The summed E-state index contributed by atoms with van der Waals surface area (Å²) in [6.07, 6.45) is -1.27. The summed E-state index contributed by atoms with van der Waals surface area (Å²) < 4.78 is 5.15. The van der Waals surface area contributed by atoms with E-state index in [4.69, 9.17) is 14.9 Å². The lowest BCUT2D eigenvalue weighted by Crippen LogP contribution is -2.37. The standard InChI is InChI=1S/C8H18O4/c1-6(2)8(7(11)5-10)12-4-3-9/h6-11H,3-5H2,1-2H3/t7-,8?/m1/s1. The molecular formula is C8H18O4. The summed E-state index contributed by atoms with van der Waals surface area (Å²) in [6, 6.07) is 0. The second kappa shape index (κ2) is 6.37. The first kappa shape index (κ1) is 11.8. The van der Waals surface area contributed by atoms with Gasteiger partial charge in [-0.2, -0.15) is 0 Å². The predicted octanol–water partition coefficient (Wildman–Crippen LogP) is -0.627. The van der Waals surface area contributed by atoms with Crippen LogP contribution in [0.4, 0.5) is 0 Å². The number of hydrogen-bond acceptors (Lipinski definition) is 4. The molecule has 0 saturated heterocycles. The Labute approximate surface area is 72.8 Å². The molecule has 3 N–H and O–H groups in total. The van der Waals surface area contributed by atoms with Crippen molar-refractivity contribution in [3.05, 3.63) is 0 Å². The van der Waals surface area contributed by atoms with Crippen LogP contribution in [0.2, 0.25) is 0 Å². The maximum atomic E-state index is 9.26. The van der Waals surface area contributed by atoms with Crippen LogP contribution in [0.25, 0.3) is 0 Å². The molecule has 4 nitrogen and oxygen atoms in total. The van der Waals surface area contributed by atoms with Crippen LogP contribution in [0, 0.1) is 5.92 Å². The quantitative estimate of drug-likeness (QED) is 0.506. The molecule has 0 aliphatic rings. The van der Waals surface area contributed by atoms with Crippen LogP contribution in [-0.2, 0) is 4.74 Å². The highest BCUT2D eigenvalue weighted by Gasteiger charge is 2.22. The van der Waals surface area contributed by atoms with Gasteiger partial charge in [-0.3, -0.25) is 0 Å². The zero-order valence-corrected chi connectivity index (χ0v) is 7.60. The Hall–Kier alpha value is -0.160. The number of ether oxygens (including phenoxy) is 1. The maximum Gasteiger partial charge on any atom is 0.103 e. The first-order chi connectivity index (χ1) is 5.63. The Morgan fingerprint density at radius 3 is 2.17 bits per heavy atom. The van der Waals surface area contributed by atoms with E-state index < -0.39 is 12.2 Å². The molecule has 0 aromatic carbocycles. The fraction of sp³-hybridized carbons (Fsp3) is 1.00. The highest BCUT2D eigenvalue weighted by Crippen LogP contribution is 2.10. The lowest BCUT2D eigenvalue weighted by Gasteiger charge is -2.24. The molecule has 0 radical (unpaired) electrons. The van der Waals surface area contributed by atoms with Gasteiger partial charge in [0.15, 0.2) is 0 Å². The molecule has 0 amide bonds. The van der Waals surface area contributed by atoms with E-state index >= 15 is 0 Å². The summed E-state index contributed by atoms with van der Waals surface area (Å²) >= 11 is 0. The molecule has 1 unspecified atom stereocenters. The molecule has 0 spiro atoms. The van der Waals surface area contributed by atoms with Gasteiger partial charge < -0.3 is 20.1 Å². The zero-order chi connectivity index (χ0) is 9.56. The SMILES string of the molecule is CC(C)C(OCCO)[C@H](O)CO. The van der Waals surface area contributed by atoms with Crippen LogP contribution in [0.3, 0.4) is 0 Å². The topological polar surface area (TPSA) is 69.9 Å². The molecule has 0 saturated carbocycles. The number of aliphatic hydroxyl groups is 3. The lowest BCUT2D eigenvalue weighted by molar-refractivity contribution is -0.0854. The Kier molecular flexibility index (Phi) is 6.28. The van der Waals surface area contributed by atoms with Gasteiger partial charge in [0.1, 0.15) is 6.10 Å². The molecule has 0 aliphatic carbocycles. The summed E-state index contributed by atoms with van der Waals surface area (Å²) in [5, 5.41) is 26.4. The monoisotopic (exact) mass is 178 g/mol. The Balaban J connectivity index is 3.85. The van der Waals surface area contributed by atoms with E-state index in [0.717, 1.165) is 0 Å². The van der Waals surface area contributed by atoms with Gasteiger partial charge in [0, 0.05) is 0 Å². The van der Waals surface area contributed by atoms with Gasteiger partial charge in [-0.15, -0.1) is 0 Å². The fourth-order valence-corrected chi connectivity index (χ4v) is 1.04. The molecular weight excluding hydrogens is 160 g/mol. The number of aliphatic hydroxyl groups excluding tert-OH is 3. The van der Waals surface area contributed by atoms with Crippen molar-refractivity contribution in [2.45, 2.75) is 26.1 Å². The van der Waals surface area contributed by atoms with Crippen molar-refractivity contribution in [1.82, 2.24) is 0 Å². The van der Waals surface area contributed by atoms with E-state index in [2.05, 4.69) is 0 Å². The van der Waals surface area contributed by atoms with E-state index in [1.165, 1.54) is 0 Å². The van der Waals surface area contributed by atoms with E-state index in [1.807, 2.05) is 13.8 Å². The van der Waals surface area contributed by atoms with Crippen molar-refractivity contribution < 1.29 is 20.1 Å². The first-order valence-electron chi connectivity index (χ1n) is 4.14. The number of hydrogen-bond donors (Lipinski definition) is 3. The molecule has 4 heteroatoms. The Morgan fingerprint density at radius 2 is 1.83 bits per heavy atom. The van der Waals surface area contributed by atoms with Crippen LogP contribution < -0.4 is 0 Å². The lowest BCUT2D eigenvalue weighted by atomic mass is 10.0. The van der Waals surface area contributed by atoms with Gasteiger partial charge in [0.2, 0.25) is 0 Å². The van der Waals surface area contributed by atoms with Crippen molar-refractivity contribution >= 4 is 0 Å². The van der Waals surface area contributed by atoms with Crippen LogP contribution in [0.5, 0.6) is 0 Å². The third-order valence-electron chi connectivity index (χ3n) is 1.62. The minimum atomic E-state index is -0.864. The second-order valence-corrected chi connectivity index (χ2v) is 3.05. The molecule has 0 fully saturated rings. The van der Waals surface area contributed by atoms with Crippen LogP contribution in [0.1, 0.15) is 13.8 Å². The molecule has 12 heavy (non-hydrogen) atoms. The van der Waals surface area contributed by atoms with E-state index in [1.54, 1.807) is 0 Å². The van der Waals surface area contributed by atoms with Gasteiger partial charge in [-0.05, 0) is 5.92 Å². The van der Waals surface area contributed by atoms with E-state index in [9.17, 15) is 5.11 Å². The zero-order valence-electron chi connectivity index (χ0n) is 7.60. The smallest absolute Gasteiger partial charge is 0.103 e. The van der Waals surface area contributed by atoms with Crippen molar-refractivity contribution in [3.63, 3.8) is 0 Å². The average molecular weight is 178 g/mol. The number of rotatable bonds is 6. The molecule has 0 aliphatic heterocycles. The summed E-state index contributed by atoms with van der Waals surface area (Å²) in [4.78, 5) is 0. The summed E-state index contributed by atoms with van der Waals surface area (Å²) in [5.74, 6) is 0.124. The third kappa shape index (κ3) is 4.01. The summed E-state index contributed by atoms with van der Waals surface area (Å²) in [7, 11) is 0. The summed E-state index contributed by atoms with van der Waals surface area (Å²) in [6.45, 7) is 3.59. The highest BCUT2D eigenvalue weighted by molar-refractivity contribution is 4.71. The minimum Gasteiger partial charge on any atom is -0.394 e. The van der Waals surface area contributed by atoms with Crippen LogP contribution in [0.15, 0.2) is 0 Å². The van der Waals surface area contributed by atoms with Crippen LogP contribution in [-0.4, -0.2) is 47.3 Å². The predicted molar refractivity (Wildman–Crippen MR) is 44.8 cm³/mol.